The van der Waals surface area contributed by atoms with Gasteiger partial charge in [-0.1, -0.05) is 42.8 Å². The summed E-state index contributed by atoms with van der Waals surface area (Å²) in [5, 5.41) is 1.08. The summed E-state index contributed by atoms with van der Waals surface area (Å²) in [4.78, 5) is 83.8. The minimum atomic E-state index is -0.804. The fourth-order valence-electron chi connectivity index (χ4n) is 8.33. The lowest BCUT2D eigenvalue weighted by molar-refractivity contribution is -0.161. The third-order valence-electron chi connectivity index (χ3n) is 10.5. The minimum Gasteiger partial charge on any atom is -0.458 e. The molecule has 63 heavy (non-hydrogen) atoms. The second-order valence-electron chi connectivity index (χ2n) is 21.0. The minimum absolute atomic E-state index is 0. The van der Waals surface area contributed by atoms with Gasteiger partial charge in [-0.3, -0.25) is 19.4 Å². The standard InChI is InChI=1S/2C23H31ClN2O5.CH4/c2*1-21(2,3)30-19(28)17-11-23(14-26(17)20(29)31-22(4,5)6)12-18(27)25(13-23)16-9-7-8-15(24)10-16;/h2*7-10,17H,11-14H2,1-6H3;1H4/t17-,23+;17-,23-;/m00./s1. The summed E-state index contributed by atoms with van der Waals surface area (Å²) in [5.41, 5.74) is -2.49. The molecule has 0 saturated carbocycles. The molecule has 0 N–H and O–H groups in total. The Kier molecular flexibility index (Phi) is 15.0. The van der Waals surface area contributed by atoms with Crippen molar-refractivity contribution in [2.24, 2.45) is 10.8 Å². The van der Waals surface area contributed by atoms with Crippen LogP contribution in [0.1, 0.15) is 116 Å². The average molecular weight is 918 g/mol. The molecule has 2 spiro atoms. The van der Waals surface area contributed by atoms with Crippen molar-refractivity contribution >= 4 is 70.5 Å². The first-order valence-corrected chi connectivity index (χ1v) is 21.7. The Bertz CT molecular complexity index is 1850. The quantitative estimate of drug-likeness (QED) is 0.214. The highest BCUT2D eigenvalue weighted by Crippen LogP contribution is 2.47. The van der Waals surface area contributed by atoms with Crippen molar-refractivity contribution in [3.8, 4) is 0 Å². The number of amides is 4. The molecule has 4 amide bonds. The number of halogens is 2. The monoisotopic (exact) mass is 916 g/mol. The van der Waals surface area contributed by atoms with Crippen molar-refractivity contribution in [3.63, 3.8) is 0 Å². The van der Waals surface area contributed by atoms with Crippen LogP contribution in [0.4, 0.5) is 21.0 Å². The molecule has 6 rings (SSSR count). The number of carbonyl (C=O) groups excluding carboxylic acids is 6. The summed E-state index contributed by atoms with van der Waals surface area (Å²) in [6.07, 6.45) is -0.00721. The topological polar surface area (TPSA) is 152 Å². The molecular weight excluding hydrogens is 851 g/mol. The highest BCUT2D eigenvalue weighted by Gasteiger charge is 2.57. The maximum atomic E-state index is 13.0. The molecule has 4 aliphatic heterocycles. The summed E-state index contributed by atoms with van der Waals surface area (Å²) in [5.74, 6) is -1.08. The molecule has 16 heteroatoms. The zero-order valence-corrected chi connectivity index (χ0v) is 39.6. The second-order valence-corrected chi connectivity index (χ2v) is 21.9. The van der Waals surface area contributed by atoms with Gasteiger partial charge in [0.25, 0.3) is 0 Å². The van der Waals surface area contributed by atoms with E-state index in [0.29, 0.717) is 47.4 Å². The van der Waals surface area contributed by atoms with Crippen molar-refractivity contribution in [1.29, 1.82) is 0 Å². The Balaban J connectivity index is 0.000000272. The van der Waals surface area contributed by atoms with E-state index in [1.807, 2.05) is 12.1 Å². The van der Waals surface area contributed by atoms with Gasteiger partial charge in [0.2, 0.25) is 11.8 Å². The summed E-state index contributed by atoms with van der Waals surface area (Å²) in [6, 6.07) is 12.6. The van der Waals surface area contributed by atoms with Gasteiger partial charge in [-0.2, -0.15) is 0 Å². The maximum Gasteiger partial charge on any atom is 0.411 e. The van der Waals surface area contributed by atoms with Crippen LogP contribution in [0, 0.1) is 10.8 Å². The van der Waals surface area contributed by atoms with Gasteiger partial charge < -0.3 is 28.7 Å². The molecule has 348 valence electrons. The molecule has 0 aromatic heterocycles. The van der Waals surface area contributed by atoms with Gasteiger partial charge >= 0.3 is 24.1 Å². The van der Waals surface area contributed by atoms with Gasteiger partial charge in [0.05, 0.1) is 0 Å². The van der Waals surface area contributed by atoms with E-state index in [1.165, 1.54) is 9.80 Å². The first-order chi connectivity index (χ1) is 28.4. The summed E-state index contributed by atoms with van der Waals surface area (Å²) >= 11 is 12.2. The van der Waals surface area contributed by atoms with Gasteiger partial charge in [-0.05, 0) is 132 Å². The number of hydrogen-bond acceptors (Lipinski definition) is 10. The number of benzene rings is 2. The van der Waals surface area contributed by atoms with Gasteiger partial charge in [0.1, 0.15) is 34.5 Å². The smallest absolute Gasteiger partial charge is 0.411 e. The Labute approximate surface area is 382 Å². The fraction of sp³-hybridized carbons (Fsp3) is 0.617. The molecule has 4 aliphatic rings. The first kappa shape index (κ1) is 51.1. The number of nitrogens with zero attached hydrogens (tertiary/aromatic N) is 4. The zero-order chi connectivity index (χ0) is 46.4. The number of hydrogen-bond donors (Lipinski definition) is 0. The summed E-state index contributed by atoms with van der Waals surface area (Å²) in [7, 11) is 0. The molecule has 0 unspecified atom stereocenters. The molecule has 14 nitrogen and oxygen atoms in total. The Morgan fingerprint density at radius 3 is 1.14 bits per heavy atom. The van der Waals surface area contributed by atoms with Crippen LogP contribution in [-0.2, 0) is 38.1 Å². The number of anilines is 2. The van der Waals surface area contributed by atoms with Crippen molar-refractivity contribution in [1.82, 2.24) is 9.80 Å². The van der Waals surface area contributed by atoms with E-state index < -0.39 is 69.4 Å². The summed E-state index contributed by atoms with van der Waals surface area (Å²) in [6.45, 7) is 22.6. The third kappa shape index (κ3) is 13.2. The molecule has 4 saturated heterocycles. The first-order valence-electron chi connectivity index (χ1n) is 20.9. The SMILES string of the molecule is C.CC(C)(C)OC(=O)[C@@H]1C[C@@]2(CC(=O)N(c3cccc(Cl)c3)C2)CN1C(=O)OC(C)(C)C.CC(C)(C)OC(=O)[C@@H]1C[C@]2(CC(=O)N(c3cccc(Cl)c3)C2)CN1C(=O)OC(C)(C)C. The largest absolute Gasteiger partial charge is 0.458 e. The van der Waals surface area contributed by atoms with Crippen LogP contribution in [0.15, 0.2) is 48.5 Å². The van der Waals surface area contributed by atoms with E-state index >= 15 is 0 Å². The van der Waals surface area contributed by atoms with Crippen LogP contribution >= 0.6 is 23.2 Å². The Morgan fingerprint density at radius 2 is 0.857 bits per heavy atom. The van der Waals surface area contributed by atoms with Crippen LogP contribution in [0.3, 0.4) is 0 Å². The van der Waals surface area contributed by atoms with Crippen LogP contribution < -0.4 is 9.80 Å². The molecular formula is C47H66Cl2N4O10. The van der Waals surface area contributed by atoms with Crippen molar-refractivity contribution in [3.05, 3.63) is 58.6 Å². The summed E-state index contributed by atoms with van der Waals surface area (Å²) < 4.78 is 22.3. The molecule has 4 fully saturated rings. The van der Waals surface area contributed by atoms with E-state index in [-0.39, 0.29) is 45.2 Å². The lowest BCUT2D eigenvalue weighted by atomic mass is 9.84. The van der Waals surface area contributed by atoms with Crippen LogP contribution in [0.2, 0.25) is 10.0 Å². The lowest BCUT2D eigenvalue weighted by Crippen LogP contribution is -2.45. The van der Waals surface area contributed by atoms with Crippen molar-refractivity contribution in [2.75, 3.05) is 36.0 Å². The number of carbonyl (C=O) groups is 6. The second kappa shape index (κ2) is 18.5. The maximum absolute atomic E-state index is 13.0. The van der Waals surface area contributed by atoms with Crippen LogP contribution in [0.5, 0.6) is 0 Å². The van der Waals surface area contributed by atoms with Crippen molar-refractivity contribution in [2.45, 2.75) is 151 Å². The van der Waals surface area contributed by atoms with Gasteiger partial charge in [-0.15, -0.1) is 0 Å². The average Bonchev–Trinajstić information content (AvgIpc) is 3.84. The number of likely N-dealkylation sites (tertiary alicyclic amines) is 2. The van der Waals surface area contributed by atoms with E-state index in [2.05, 4.69) is 0 Å². The Hall–Kier alpha value is -4.56. The number of rotatable bonds is 4. The van der Waals surface area contributed by atoms with E-state index in [0.717, 1.165) is 0 Å². The molecule has 2 aromatic carbocycles. The van der Waals surface area contributed by atoms with Crippen LogP contribution in [0.25, 0.3) is 0 Å². The Morgan fingerprint density at radius 1 is 0.540 bits per heavy atom. The highest BCUT2D eigenvalue weighted by atomic mass is 35.5. The highest BCUT2D eigenvalue weighted by molar-refractivity contribution is 6.31. The normalized spacial score (nSPS) is 23.7. The lowest BCUT2D eigenvalue weighted by Gasteiger charge is -2.29. The number of ether oxygens (including phenoxy) is 4. The van der Waals surface area contributed by atoms with E-state index in [1.54, 1.807) is 129 Å². The zero-order valence-electron chi connectivity index (χ0n) is 38.1. The predicted molar refractivity (Wildman–Crippen MR) is 243 cm³/mol. The molecule has 0 radical (unpaired) electrons. The fourth-order valence-corrected chi connectivity index (χ4v) is 8.70. The third-order valence-corrected chi connectivity index (χ3v) is 11.0. The predicted octanol–water partition coefficient (Wildman–Crippen LogP) is 9.46. The number of esters is 2. The van der Waals surface area contributed by atoms with Gasteiger partial charge in [-0.25, -0.2) is 19.2 Å². The van der Waals surface area contributed by atoms with Gasteiger partial charge in [0.15, 0.2) is 0 Å². The van der Waals surface area contributed by atoms with Crippen molar-refractivity contribution < 1.29 is 47.7 Å². The van der Waals surface area contributed by atoms with E-state index in [9.17, 15) is 28.8 Å². The van der Waals surface area contributed by atoms with E-state index in [4.69, 9.17) is 42.1 Å². The van der Waals surface area contributed by atoms with Crippen LogP contribution in [-0.4, -0.2) is 106 Å². The molecule has 0 bridgehead atoms. The van der Waals surface area contributed by atoms with Gasteiger partial charge in [0, 0.05) is 71.3 Å². The molecule has 4 heterocycles. The molecule has 4 atom stereocenters. The molecule has 0 aliphatic carbocycles. The molecule has 2 aromatic rings.